The molecule has 1 aromatic carbocycles. The van der Waals surface area contributed by atoms with Crippen molar-refractivity contribution in [3.05, 3.63) is 35.9 Å². The first-order chi connectivity index (χ1) is 26.4. The number of hydrogen-bond acceptors (Lipinski definition) is 8. The number of rotatable bonds is 23. The van der Waals surface area contributed by atoms with Crippen LogP contribution < -0.4 is 10.6 Å². The maximum atomic E-state index is 14.4. The number of hydrogen-bond donors (Lipinski definition) is 2. The van der Waals surface area contributed by atoms with E-state index in [2.05, 4.69) is 17.6 Å². The minimum absolute atomic E-state index is 0.0219. The van der Waals surface area contributed by atoms with Crippen LogP contribution >= 0.6 is 0 Å². The zero-order chi connectivity index (χ0) is 42.4. The Labute approximate surface area is 338 Å². The van der Waals surface area contributed by atoms with E-state index in [1.807, 2.05) is 90.7 Å². The van der Waals surface area contributed by atoms with Gasteiger partial charge in [0.15, 0.2) is 5.78 Å². The topological polar surface area (TPSA) is 138 Å². The minimum atomic E-state index is -0.771. The number of Topliss-reactive ketones (excluding diaryl/α,β-unsaturated/α-hetero) is 1. The third-order valence-electron chi connectivity index (χ3n) is 12.0. The number of benzene rings is 1. The zero-order valence-corrected chi connectivity index (χ0v) is 37.0. The Bertz CT molecular complexity index is 1410. The lowest BCUT2D eigenvalue weighted by atomic mass is 9.89. The predicted molar refractivity (Wildman–Crippen MR) is 222 cm³/mol. The van der Waals surface area contributed by atoms with E-state index < -0.39 is 42.3 Å². The van der Waals surface area contributed by atoms with Crippen LogP contribution in [-0.4, -0.2) is 127 Å². The first-order valence-electron chi connectivity index (χ1n) is 20.9. The van der Waals surface area contributed by atoms with E-state index in [4.69, 9.17) is 9.47 Å². The normalized spacial score (nSPS) is 19.0. The van der Waals surface area contributed by atoms with Gasteiger partial charge < -0.3 is 29.9 Å². The van der Waals surface area contributed by atoms with E-state index in [1.54, 1.807) is 44.9 Å². The zero-order valence-electron chi connectivity index (χ0n) is 37.0. The number of methoxy groups -OCH3 is 2. The fourth-order valence-corrected chi connectivity index (χ4v) is 8.20. The number of carbonyl (C=O) groups is 5. The summed E-state index contributed by atoms with van der Waals surface area (Å²) in [4.78, 5) is 74.5. The Balaban J connectivity index is 2.30. The molecule has 0 saturated carbocycles. The van der Waals surface area contributed by atoms with Crippen molar-refractivity contribution in [2.24, 2.45) is 23.7 Å². The Kier molecular flexibility index (Phi) is 20.2. The maximum Gasteiger partial charge on any atom is 0.245 e. The molecule has 12 nitrogen and oxygen atoms in total. The van der Waals surface area contributed by atoms with Gasteiger partial charge in [-0.25, -0.2) is 0 Å². The fraction of sp³-hybridized carbons (Fsp3) is 0.750. The van der Waals surface area contributed by atoms with Crippen LogP contribution in [0.15, 0.2) is 30.3 Å². The molecule has 2 N–H and O–H groups in total. The molecule has 1 aliphatic rings. The SMILES string of the molecule is CCC(=O)C(Cc1ccccc1)NC(=O)[C@H](C)[C@@H](OC)[C@@H]1CCCN1C(=O)C[C@@H](OC)[C@H](C(C)CC)N(C)C(=O)[C@@H](NC(=O)[C@H](C(C)C)N(C)C(C)C)C(C)C. The van der Waals surface area contributed by atoms with E-state index >= 15 is 0 Å². The van der Waals surface area contributed by atoms with Gasteiger partial charge in [-0.2, -0.15) is 0 Å². The molecule has 2 unspecified atom stereocenters. The van der Waals surface area contributed by atoms with Crippen LogP contribution in [0.1, 0.15) is 107 Å². The van der Waals surface area contributed by atoms with Gasteiger partial charge in [-0.05, 0) is 63.5 Å². The molecule has 1 saturated heterocycles. The van der Waals surface area contributed by atoms with Gasteiger partial charge in [0.25, 0.3) is 0 Å². The summed E-state index contributed by atoms with van der Waals surface area (Å²) in [5.74, 6) is -1.73. The highest BCUT2D eigenvalue weighted by Gasteiger charge is 2.43. The number of carbonyl (C=O) groups excluding carboxylic acids is 5. The van der Waals surface area contributed by atoms with Gasteiger partial charge in [0.1, 0.15) is 6.04 Å². The van der Waals surface area contributed by atoms with Crippen LogP contribution in [-0.2, 0) is 39.9 Å². The molecule has 2 rings (SSSR count). The van der Waals surface area contributed by atoms with E-state index in [9.17, 15) is 24.0 Å². The lowest BCUT2D eigenvalue weighted by Crippen LogP contribution is -2.60. The highest BCUT2D eigenvalue weighted by molar-refractivity contribution is 5.91. The molecule has 0 bridgehead atoms. The highest BCUT2D eigenvalue weighted by Crippen LogP contribution is 2.30. The Morgan fingerprint density at radius 3 is 1.98 bits per heavy atom. The predicted octanol–water partition coefficient (Wildman–Crippen LogP) is 5.12. The monoisotopic (exact) mass is 786 g/mol. The van der Waals surface area contributed by atoms with Crippen molar-refractivity contribution in [1.82, 2.24) is 25.3 Å². The molecule has 4 amide bonds. The van der Waals surface area contributed by atoms with E-state index in [0.29, 0.717) is 25.8 Å². The summed E-state index contributed by atoms with van der Waals surface area (Å²) >= 11 is 0. The van der Waals surface area contributed by atoms with Crippen LogP contribution in [0.5, 0.6) is 0 Å². The molecular formula is C44H75N5O7. The fourth-order valence-electron chi connectivity index (χ4n) is 8.20. The van der Waals surface area contributed by atoms with Gasteiger partial charge in [-0.1, -0.05) is 92.1 Å². The van der Waals surface area contributed by atoms with Gasteiger partial charge in [-0.3, -0.25) is 28.9 Å². The van der Waals surface area contributed by atoms with Crippen molar-refractivity contribution in [2.45, 2.75) is 156 Å². The van der Waals surface area contributed by atoms with Gasteiger partial charge in [-0.15, -0.1) is 0 Å². The van der Waals surface area contributed by atoms with Gasteiger partial charge >= 0.3 is 0 Å². The molecule has 1 aliphatic heterocycles. The Hall–Kier alpha value is -3.35. The second kappa shape index (κ2) is 23.2. The third-order valence-corrected chi connectivity index (χ3v) is 12.0. The van der Waals surface area contributed by atoms with Crippen LogP contribution in [0.3, 0.4) is 0 Å². The summed E-state index contributed by atoms with van der Waals surface area (Å²) in [5, 5.41) is 6.08. The molecule has 56 heavy (non-hydrogen) atoms. The number of likely N-dealkylation sites (N-methyl/N-ethyl adjacent to an activating group) is 2. The maximum absolute atomic E-state index is 14.4. The van der Waals surface area contributed by atoms with Crippen LogP contribution in [0.25, 0.3) is 0 Å². The van der Waals surface area contributed by atoms with E-state index in [0.717, 1.165) is 18.4 Å². The van der Waals surface area contributed by atoms with Crippen molar-refractivity contribution < 1.29 is 33.4 Å². The van der Waals surface area contributed by atoms with Crippen LogP contribution in [0.2, 0.25) is 0 Å². The standard InChI is InChI=1S/C44H75N5O7/c1-15-30(9)40(48(12)44(54)38(27(3)4)46-43(53)39(28(5)6)47(11)29(7)8)36(55-13)26-37(51)49-24-20-23-34(49)41(56-14)31(10)42(52)45-33(35(50)16-2)25-32-21-18-17-19-22-32/h17-19,21-22,27-31,33-34,36,38-41H,15-16,20,23-26H2,1-14H3,(H,45,52)(H,46,53)/t30?,31-,33?,34+,36-,38+,39+,40+,41-/m1/s1. The van der Waals surface area contributed by atoms with Crippen molar-refractivity contribution >= 4 is 29.4 Å². The van der Waals surface area contributed by atoms with Crippen molar-refractivity contribution in [1.29, 1.82) is 0 Å². The molecule has 1 aromatic rings. The first kappa shape index (κ1) is 48.8. The third kappa shape index (κ3) is 12.8. The number of ether oxygens (including phenoxy) is 2. The smallest absolute Gasteiger partial charge is 0.245 e. The lowest BCUT2D eigenvalue weighted by molar-refractivity contribution is -0.148. The largest absolute Gasteiger partial charge is 0.379 e. The van der Waals surface area contributed by atoms with Gasteiger partial charge in [0, 0.05) is 40.3 Å². The molecular weight excluding hydrogens is 711 g/mol. The van der Waals surface area contributed by atoms with Crippen LogP contribution in [0.4, 0.5) is 0 Å². The molecule has 0 radical (unpaired) electrons. The number of nitrogens with zero attached hydrogens (tertiary/aromatic N) is 3. The summed E-state index contributed by atoms with van der Waals surface area (Å²) in [6.45, 7) is 20.1. The summed E-state index contributed by atoms with van der Waals surface area (Å²) in [5.41, 5.74) is 0.956. The second-order valence-electron chi connectivity index (χ2n) is 16.8. The molecule has 0 aliphatic carbocycles. The first-order valence-corrected chi connectivity index (χ1v) is 20.9. The summed E-state index contributed by atoms with van der Waals surface area (Å²) in [6, 6.07) is 7.09. The van der Waals surface area contributed by atoms with E-state index in [1.165, 1.54) is 0 Å². The summed E-state index contributed by atoms with van der Waals surface area (Å²) in [6.07, 6.45) is 1.62. The quantitative estimate of drug-likeness (QED) is 0.156. The summed E-state index contributed by atoms with van der Waals surface area (Å²) in [7, 11) is 6.79. The van der Waals surface area contributed by atoms with Crippen molar-refractivity contribution in [3.8, 4) is 0 Å². The van der Waals surface area contributed by atoms with E-state index in [-0.39, 0.29) is 65.7 Å². The summed E-state index contributed by atoms with van der Waals surface area (Å²) < 4.78 is 12.0. The number of nitrogens with one attached hydrogen (secondary N) is 2. The average molecular weight is 786 g/mol. The molecule has 1 heterocycles. The molecule has 12 heteroatoms. The average Bonchev–Trinajstić information content (AvgIpc) is 3.65. The van der Waals surface area contributed by atoms with Crippen molar-refractivity contribution in [2.75, 3.05) is 34.9 Å². The number of amides is 4. The number of ketones is 1. The Morgan fingerprint density at radius 1 is 0.857 bits per heavy atom. The molecule has 318 valence electrons. The van der Waals surface area contributed by atoms with Gasteiger partial charge in [0.05, 0.1) is 48.7 Å². The lowest BCUT2D eigenvalue weighted by Gasteiger charge is -2.41. The Morgan fingerprint density at radius 2 is 1.48 bits per heavy atom. The van der Waals surface area contributed by atoms with Gasteiger partial charge in [0.2, 0.25) is 23.6 Å². The molecule has 9 atom stereocenters. The second-order valence-corrected chi connectivity index (χ2v) is 16.8. The van der Waals surface area contributed by atoms with Crippen molar-refractivity contribution in [3.63, 3.8) is 0 Å². The minimum Gasteiger partial charge on any atom is -0.379 e. The molecule has 0 spiro atoms. The van der Waals surface area contributed by atoms with Crippen LogP contribution in [0, 0.1) is 23.7 Å². The number of likely N-dealkylation sites (tertiary alicyclic amines) is 1. The highest BCUT2D eigenvalue weighted by atomic mass is 16.5. The molecule has 1 fully saturated rings. The molecule has 0 aromatic heterocycles.